The molecule has 0 aliphatic rings. The summed E-state index contributed by atoms with van der Waals surface area (Å²) in [6.07, 6.45) is 1.19. The van der Waals surface area contributed by atoms with Crippen molar-refractivity contribution in [3.8, 4) is 0 Å². The number of para-hydroxylation sites is 1. The minimum atomic E-state index is -0.879. The second-order valence-electron chi connectivity index (χ2n) is 4.56. The fourth-order valence-corrected chi connectivity index (χ4v) is 2.01. The summed E-state index contributed by atoms with van der Waals surface area (Å²) in [5.41, 5.74) is 0.846. The first-order valence-electron chi connectivity index (χ1n) is 6.55. The van der Waals surface area contributed by atoms with Crippen LogP contribution in [0.25, 0.3) is 10.9 Å². The molecule has 2 rings (SSSR count). The number of rotatable bonds is 7. The van der Waals surface area contributed by atoms with Crippen LogP contribution in [0.15, 0.2) is 36.4 Å². The first-order chi connectivity index (χ1) is 9.70. The Morgan fingerprint density at radius 3 is 2.90 bits per heavy atom. The number of anilines is 1. The van der Waals surface area contributed by atoms with Crippen LogP contribution in [-0.2, 0) is 9.53 Å². The summed E-state index contributed by atoms with van der Waals surface area (Å²) in [6, 6.07) is 10.8. The van der Waals surface area contributed by atoms with Gasteiger partial charge in [0.15, 0.2) is 0 Å². The zero-order valence-electron chi connectivity index (χ0n) is 11.4. The van der Waals surface area contributed by atoms with Gasteiger partial charge in [-0.05, 0) is 31.0 Å². The van der Waals surface area contributed by atoms with Crippen LogP contribution in [-0.4, -0.2) is 35.8 Å². The number of hydrogen-bond donors (Lipinski definition) is 2. The maximum atomic E-state index is 11.2. The fraction of sp³-hybridized carbons (Fsp3) is 0.333. The van der Waals surface area contributed by atoms with E-state index in [1.54, 1.807) is 13.2 Å². The second-order valence-corrected chi connectivity index (χ2v) is 4.56. The van der Waals surface area contributed by atoms with Crippen LogP contribution in [0.3, 0.4) is 0 Å². The van der Waals surface area contributed by atoms with E-state index in [1.165, 1.54) is 0 Å². The van der Waals surface area contributed by atoms with Crippen molar-refractivity contribution in [2.45, 2.75) is 18.9 Å². The molecule has 106 valence electrons. The number of nitrogens with one attached hydrogen (secondary N) is 1. The van der Waals surface area contributed by atoms with E-state index in [1.807, 2.05) is 30.3 Å². The molecule has 1 atom stereocenters. The third kappa shape index (κ3) is 3.68. The van der Waals surface area contributed by atoms with Crippen LogP contribution in [0.5, 0.6) is 0 Å². The lowest BCUT2D eigenvalue weighted by molar-refractivity contribution is -0.138. The summed E-state index contributed by atoms with van der Waals surface area (Å²) >= 11 is 0. The van der Waals surface area contributed by atoms with Crippen LogP contribution in [0.2, 0.25) is 0 Å². The average molecular weight is 274 g/mol. The van der Waals surface area contributed by atoms with Gasteiger partial charge in [0.05, 0.1) is 5.52 Å². The standard InChI is InChI=1S/C15H18N2O3/c1-20-10-4-7-13(15(18)19)17-14-9-8-11-5-2-3-6-12(11)16-14/h2-3,5-6,8-9,13H,4,7,10H2,1H3,(H,16,17)(H,18,19). The molecule has 0 aliphatic carbocycles. The molecule has 2 aromatic rings. The molecule has 0 amide bonds. The Kier molecular flexibility index (Phi) is 4.90. The second kappa shape index (κ2) is 6.86. The van der Waals surface area contributed by atoms with Gasteiger partial charge in [-0.25, -0.2) is 9.78 Å². The van der Waals surface area contributed by atoms with E-state index in [0.717, 1.165) is 10.9 Å². The van der Waals surface area contributed by atoms with Crippen molar-refractivity contribution in [1.29, 1.82) is 0 Å². The summed E-state index contributed by atoms with van der Waals surface area (Å²) in [5, 5.41) is 13.2. The molecule has 2 N–H and O–H groups in total. The van der Waals surface area contributed by atoms with Gasteiger partial charge in [0.2, 0.25) is 0 Å². The molecule has 0 bridgehead atoms. The number of carboxylic acids is 1. The molecule has 5 nitrogen and oxygen atoms in total. The normalized spacial score (nSPS) is 12.2. The molecule has 0 saturated heterocycles. The molecular formula is C15H18N2O3. The molecule has 5 heteroatoms. The molecule has 0 spiro atoms. The van der Waals surface area contributed by atoms with Gasteiger partial charge in [-0.2, -0.15) is 0 Å². The predicted molar refractivity (Wildman–Crippen MR) is 77.9 cm³/mol. The largest absolute Gasteiger partial charge is 0.480 e. The zero-order chi connectivity index (χ0) is 14.4. The number of pyridine rings is 1. The number of nitrogens with zero attached hydrogens (tertiary/aromatic N) is 1. The summed E-state index contributed by atoms with van der Waals surface area (Å²) in [5.74, 6) is -0.301. The first-order valence-corrected chi connectivity index (χ1v) is 6.55. The van der Waals surface area contributed by atoms with Crippen LogP contribution >= 0.6 is 0 Å². The van der Waals surface area contributed by atoms with Gasteiger partial charge in [-0.1, -0.05) is 18.2 Å². The van der Waals surface area contributed by atoms with E-state index in [4.69, 9.17) is 4.74 Å². The number of methoxy groups -OCH3 is 1. The lowest BCUT2D eigenvalue weighted by atomic mass is 10.1. The Bertz CT molecular complexity index is 586. The molecule has 0 radical (unpaired) electrons. The predicted octanol–water partition coefficient (Wildman–Crippen LogP) is 2.53. The number of aromatic nitrogens is 1. The highest BCUT2D eigenvalue weighted by atomic mass is 16.5. The molecule has 1 aromatic heterocycles. The van der Waals surface area contributed by atoms with Crippen molar-refractivity contribution in [1.82, 2.24) is 4.98 Å². The maximum Gasteiger partial charge on any atom is 0.326 e. The summed E-state index contributed by atoms with van der Waals surface area (Å²) < 4.78 is 4.94. The topological polar surface area (TPSA) is 71.5 Å². The quantitative estimate of drug-likeness (QED) is 0.759. The summed E-state index contributed by atoms with van der Waals surface area (Å²) in [6.45, 7) is 0.552. The van der Waals surface area contributed by atoms with E-state index in [9.17, 15) is 9.90 Å². The maximum absolute atomic E-state index is 11.2. The minimum Gasteiger partial charge on any atom is -0.480 e. The highest BCUT2D eigenvalue weighted by molar-refractivity contribution is 5.81. The molecule has 0 fully saturated rings. The number of fused-ring (bicyclic) bond motifs is 1. The lowest BCUT2D eigenvalue weighted by Gasteiger charge is -2.15. The number of benzene rings is 1. The van der Waals surface area contributed by atoms with Gasteiger partial charge in [0.1, 0.15) is 11.9 Å². The third-order valence-corrected chi connectivity index (χ3v) is 3.06. The molecule has 20 heavy (non-hydrogen) atoms. The number of carboxylic acid groups (broad SMARTS) is 1. The van der Waals surface area contributed by atoms with Gasteiger partial charge >= 0.3 is 5.97 Å². The Labute approximate surface area is 117 Å². The van der Waals surface area contributed by atoms with Crippen LogP contribution in [0, 0.1) is 0 Å². The average Bonchev–Trinajstić information content (AvgIpc) is 2.46. The van der Waals surface area contributed by atoms with Crippen molar-refractivity contribution in [3.05, 3.63) is 36.4 Å². The number of aliphatic carboxylic acids is 1. The van der Waals surface area contributed by atoms with Gasteiger partial charge in [-0.15, -0.1) is 0 Å². The van der Waals surface area contributed by atoms with Crippen molar-refractivity contribution < 1.29 is 14.6 Å². The summed E-state index contributed by atoms with van der Waals surface area (Å²) in [4.78, 5) is 15.7. The monoisotopic (exact) mass is 274 g/mol. The van der Waals surface area contributed by atoms with Gasteiger partial charge in [0.25, 0.3) is 0 Å². The van der Waals surface area contributed by atoms with Crippen LogP contribution in [0.4, 0.5) is 5.82 Å². The smallest absolute Gasteiger partial charge is 0.326 e. The molecule has 1 aromatic carbocycles. The van der Waals surface area contributed by atoms with Crippen LogP contribution in [0.1, 0.15) is 12.8 Å². The Morgan fingerprint density at radius 2 is 2.15 bits per heavy atom. The Hall–Kier alpha value is -2.14. The number of carbonyl (C=O) groups is 1. The molecular weight excluding hydrogens is 256 g/mol. The van der Waals surface area contributed by atoms with Crippen molar-refractivity contribution in [2.24, 2.45) is 0 Å². The zero-order valence-corrected chi connectivity index (χ0v) is 11.4. The molecule has 0 aliphatic heterocycles. The summed E-state index contributed by atoms with van der Waals surface area (Å²) in [7, 11) is 1.61. The van der Waals surface area contributed by atoms with Crippen LogP contribution < -0.4 is 5.32 Å². The lowest BCUT2D eigenvalue weighted by Crippen LogP contribution is -2.29. The molecule has 1 unspecified atom stereocenters. The molecule has 1 heterocycles. The fourth-order valence-electron chi connectivity index (χ4n) is 2.01. The van der Waals surface area contributed by atoms with Gasteiger partial charge in [-0.3, -0.25) is 0 Å². The molecule has 0 saturated carbocycles. The SMILES string of the molecule is COCCCC(Nc1ccc2ccccc2n1)C(=O)O. The van der Waals surface area contributed by atoms with Crippen molar-refractivity contribution >= 4 is 22.7 Å². The van der Waals surface area contributed by atoms with Gasteiger partial charge < -0.3 is 15.2 Å². The minimum absolute atomic E-state index is 0.498. The highest BCUT2D eigenvalue weighted by Crippen LogP contribution is 2.16. The van der Waals surface area contributed by atoms with Crippen molar-refractivity contribution in [3.63, 3.8) is 0 Å². The van der Waals surface area contributed by atoms with E-state index in [2.05, 4.69) is 10.3 Å². The van der Waals surface area contributed by atoms with Gasteiger partial charge in [0, 0.05) is 19.1 Å². The first kappa shape index (κ1) is 14.3. The Balaban J connectivity index is 2.09. The number of hydrogen-bond acceptors (Lipinski definition) is 4. The highest BCUT2D eigenvalue weighted by Gasteiger charge is 2.17. The third-order valence-electron chi connectivity index (χ3n) is 3.06. The Morgan fingerprint density at radius 1 is 1.35 bits per heavy atom. The van der Waals surface area contributed by atoms with E-state index in [-0.39, 0.29) is 0 Å². The van der Waals surface area contributed by atoms with E-state index in [0.29, 0.717) is 25.3 Å². The van der Waals surface area contributed by atoms with E-state index >= 15 is 0 Å². The van der Waals surface area contributed by atoms with E-state index < -0.39 is 12.0 Å². The number of ether oxygens (including phenoxy) is 1. The van der Waals surface area contributed by atoms with Crippen molar-refractivity contribution in [2.75, 3.05) is 19.0 Å².